The summed E-state index contributed by atoms with van der Waals surface area (Å²) in [6.07, 6.45) is 3.38. The molecule has 0 radical (unpaired) electrons. The van der Waals surface area contributed by atoms with Crippen LogP contribution in [0.2, 0.25) is 0 Å². The van der Waals surface area contributed by atoms with Crippen LogP contribution in [0.5, 0.6) is 5.75 Å². The molecule has 3 rings (SSSR count). The van der Waals surface area contributed by atoms with Crippen molar-refractivity contribution in [2.75, 3.05) is 52.5 Å². The van der Waals surface area contributed by atoms with Gasteiger partial charge in [0.2, 0.25) is 0 Å². The van der Waals surface area contributed by atoms with Crippen LogP contribution in [-0.4, -0.2) is 57.4 Å². The molecule has 1 aromatic rings. The largest absolute Gasteiger partial charge is 0.492 e. The first-order chi connectivity index (χ1) is 10.4. The van der Waals surface area contributed by atoms with E-state index in [0.717, 1.165) is 64.7 Å². The normalized spacial score (nSPS) is 20.1. The quantitative estimate of drug-likeness (QED) is 0.895. The summed E-state index contributed by atoms with van der Waals surface area (Å²) in [4.78, 5) is 2.39. The number of hydrogen-bond donors (Lipinski definition) is 1. The van der Waals surface area contributed by atoms with Crippen molar-refractivity contribution in [1.29, 1.82) is 0 Å². The predicted molar refractivity (Wildman–Crippen MR) is 84.7 cm³/mol. The Bertz CT molecular complexity index is 464. The molecule has 0 aromatic heterocycles. The van der Waals surface area contributed by atoms with Gasteiger partial charge >= 0.3 is 0 Å². The molecule has 2 heterocycles. The minimum Gasteiger partial charge on any atom is -0.492 e. The Hall–Kier alpha value is -1.36. The zero-order valence-electron chi connectivity index (χ0n) is 12.5. The molecule has 21 heavy (non-hydrogen) atoms. The van der Waals surface area contributed by atoms with Crippen LogP contribution in [-0.2, 0) is 4.74 Å². The zero-order valence-corrected chi connectivity index (χ0v) is 12.5. The number of nitrogens with zero attached hydrogens (tertiary/aromatic N) is 1. The van der Waals surface area contributed by atoms with Gasteiger partial charge in [-0.3, -0.25) is 4.90 Å². The van der Waals surface area contributed by atoms with Gasteiger partial charge in [-0.15, -0.1) is 0 Å². The van der Waals surface area contributed by atoms with Crippen LogP contribution in [0, 0.1) is 0 Å². The van der Waals surface area contributed by atoms with Gasteiger partial charge in [0, 0.05) is 26.2 Å². The van der Waals surface area contributed by atoms with Crippen molar-refractivity contribution in [3.8, 4) is 5.75 Å². The second-order valence-electron chi connectivity index (χ2n) is 5.51. The molecule has 1 fully saturated rings. The summed E-state index contributed by atoms with van der Waals surface area (Å²) in [5.41, 5.74) is 2.76. The lowest BCUT2D eigenvalue weighted by Crippen LogP contribution is -2.38. The van der Waals surface area contributed by atoms with Gasteiger partial charge in [-0.1, -0.05) is 18.2 Å². The maximum atomic E-state index is 5.84. The number of hydrogen-bond acceptors (Lipinski definition) is 4. The Morgan fingerprint density at radius 2 is 1.95 bits per heavy atom. The summed E-state index contributed by atoms with van der Waals surface area (Å²) in [5.74, 6) is 0.960. The summed E-state index contributed by atoms with van der Waals surface area (Å²) in [6, 6.07) is 8.50. The summed E-state index contributed by atoms with van der Waals surface area (Å²) >= 11 is 0. The topological polar surface area (TPSA) is 33.7 Å². The van der Waals surface area contributed by atoms with Crippen molar-refractivity contribution in [1.82, 2.24) is 10.2 Å². The number of nitrogens with one attached hydrogen (secondary N) is 1. The molecule has 1 N–H and O–H groups in total. The first kappa shape index (κ1) is 14.6. The lowest BCUT2D eigenvalue weighted by atomic mass is 10.0. The number of ether oxygens (including phenoxy) is 2. The molecule has 1 aromatic carbocycles. The van der Waals surface area contributed by atoms with Gasteiger partial charge in [0.05, 0.1) is 13.2 Å². The zero-order chi connectivity index (χ0) is 14.3. The van der Waals surface area contributed by atoms with E-state index in [0.29, 0.717) is 0 Å². The van der Waals surface area contributed by atoms with Crippen molar-refractivity contribution in [2.45, 2.75) is 6.42 Å². The lowest BCUT2D eigenvalue weighted by molar-refractivity contribution is 0.0322. The van der Waals surface area contributed by atoms with Gasteiger partial charge in [0.15, 0.2) is 0 Å². The summed E-state index contributed by atoms with van der Waals surface area (Å²) in [5, 5.41) is 3.34. The molecule has 2 aliphatic rings. The van der Waals surface area contributed by atoms with Gasteiger partial charge in [-0.05, 0) is 36.2 Å². The molecule has 2 aliphatic heterocycles. The van der Waals surface area contributed by atoms with Crippen molar-refractivity contribution < 1.29 is 9.47 Å². The monoisotopic (exact) mass is 288 g/mol. The second kappa shape index (κ2) is 7.59. The van der Waals surface area contributed by atoms with E-state index in [1.807, 2.05) is 0 Å². The maximum absolute atomic E-state index is 5.84. The first-order valence-corrected chi connectivity index (χ1v) is 7.85. The molecule has 4 nitrogen and oxygen atoms in total. The molecular weight excluding hydrogens is 264 g/mol. The minimum absolute atomic E-state index is 0.742. The fourth-order valence-electron chi connectivity index (χ4n) is 2.77. The smallest absolute Gasteiger partial charge is 0.119 e. The van der Waals surface area contributed by atoms with Gasteiger partial charge in [-0.2, -0.15) is 0 Å². The standard InChI is InChI=1S/C17H24N2O2/c1-3-17(21-14-11-19-9-12-20-13-10-19)4-2-15(1)16-5-7-18-8-6-16/h1-5,18H,6-14H2. The van der Waals surface area contributed by atoms with Crippen LogP contribution in [0.15, 0.2) is 30.3 Å². The Morgan fingerprint density at radius 1 is 1.14 bits per heavy atom. The highest BCUT2D eigenvalue weighted by atomic mass is 16.5. The molecule has 0 unspecified atom stereocenters. The van der Waals surface area contributed by atoms with E-state index in [1.54, 1.807) is 0 Å². The minimum atomic E-state index is 0.742. The molecule has 0 aliphatic carbocycles. The van der Waals surface area contributed by atoms with Gasteiger partial charge in [0.1, 0.15) is 12.4 Å². The van der Waals surface area contributed by atoms with Crippen LogP contribution in [0.25, 0.3) is 5.57 Å². The molecule has 0 atom stereocenters. The number of benzene rings is 1. The highest BCUT2D eigenvalue weighted by molar-refractivity contribution is 5.67. The second-order valence-corrected chi connectivity index (χ2v) is 5.51. The third kappa shape index (κ3) is 4.30. The molecule has 1 saturated heterocycles. The summed E-state index contributed by atoms with van der Waals surface area (Å²) in [6.45, 7) is 7.50. The van der Waals surface area contributed by atoms with Crippen molar-refractivity contribution in [3.05, 3.63) is 35.9 Å². The third-order valence-corrected chi connectivity index (χ3v) is 4.07. The fourth-order valence-corrected chi connectivity index (χ4v) is 2.77. The van der Waals surface area contributed by atoms with Gasteiger partial charge in [-0.25, -0.2) is 0 Å². The number of morpholine rings is 1. The van der Waals surface area contributed by atoms with E-state index in [2.05, 4.69) is 40.6 Å². The molecule has 0 bridgehead atoms. The lowest BCUT2D eigenvalue weighted by Gasteiger charge is -2.26. The van der Waals surface area contributed by atoms with Crippen molar-refractivity contribution in [2.24, 2.45) is 0 Å². The van der Waals surface area contributed by atoms with Crippen LogP contribution in [0.1, 0.15) is 12.0 Å². The van der Waals surface area contributed by atoms with E-state index in [4.69, 9.17) is 9.47 Å². The predicted octanol–water partition coefficient (Wildman–Crippen LogP) is 1.77. The average molecular weight is 288 g/mol. The molecule has 0 spiro atoms. The Kier molecular flexibility index (Phi) is 5.27. The Morgan fingerprint density at radius 3 is 2.67 bits per heavy atom. The summed E-state index contributed by atoms with van der Waals surface area (Å²) < 4.78 is 11.2. The van der Waals surface area contributed by atoms with E-state index in [9.17, 15) is 0 Å². The van der Waals surface area contributed by atoms with Crippen LogP contribution < -0.4 is 10.1 Å². The van der Waals surface area contributed by atoms with E-state index < -0.39 is 0 Å². The van der Waals surface area contributed by atoms with Gasteiger partial charge < -0.3 is 14.8 Å². The molecule has 0 amide bonds. The SMILES string of the molecule is C1=C(c2ccc(OCCN3CCOCC3)cc2)CCNC1. The van der Waals surface area contributed by atoms with Crippen molar-refractivity contribution in [3.63, 3.8) is 0 Å². The van der Waals surface area contributed by atoms with E-state index in [-0.39, 0.29) is 0 Å². The molecular formula is C17H24N2O2. The van der Waals surface area contributed by atoms with E-state index in [1.165, 1.54) is 11.1 Å². The molecule has 4 heteroatoms. The highest BCUT2D eigenvalue weighted by Gasteiger charge is 2.10. The van der Waals surface area contributed by atoms with Crippen molar-refractivity contribution >= 4 is 5.57 Å². The molecule has 0 saturated carbocycles. The van der Waals surface area contributed by atoms with Gasteiger partial charge in [0.25, 0.3) is 0 Å². The highest BCUT2D eigenvalue weighted by Crippen LogP contribution is 2.22. The Labute approximate surface area is 126 Å². The van der Waals surface area contributed by atoms with Crippen LogP contribution in [0.4, 0.5) is 0 Å². The Balaban J connectivity index is 1.46. The van der Waals surface area contributed by atoms with E-state index >= 15 is 0 Å². The maximum Gasteiger partial charge on any atom is 0.119 e. The summed E-state index contributed by atoms with van der Waals surface area (Å²) in [7, 11) is 0. The molecule has 114 valence electrons. The number of rotatable bonds is 5. The fraction of sp³-hybridized carbons (Fsp3) is 0.529. The van der Waals surface area contributed by atoms with Crippen LogP contribution >= 0.6 is 0 Å². The third-order valence-electron chi connectivity index (χ3n) is 4.07. The average Bonchev–Trinajstić information content (AvgIpc) is 2.57. The van der Waals surface area contributed by atoms with Crippen LogP contribution in [0.3, 0.4) is 0 Å². The first-order valence-electron chi connectivity index (χ1n) is 7.85.